The zero-order valence-corrected chi connectivity index (χ0v) is 24.9. The van der Waals surface area contributed by atoms with Crippen molar-refractivity contribution in [1.82, 2.24) is 19.9 Å². The van der Waals surface area contributed by atoms with E-state index in [0.29, 0.717) is 11.3 Å². The summed E-state index contributed by atoms with van der Waals surface area (Å²) >= 11 is -0.365. The van der Waals surface area contributed by atoms with Crippen LogP contribution in [0.4, 0.5) is 5.69 Å². The Morgan fingerprint density at radius 2 is 1.16 bits per heavy atom. The number of hydrogen-bond acceptors (Lipinski definition) is 3. The molecule has 5 aromatic rings. The maximum absolute atomic E-state index is 4.79. The van der Waals surface area contributed by atoms with Gasteiger partial charge in [0.05, 0.1) is 11.4 Å². The first-order valence-corrected chi connectivity index (χ1v) is 14.6. The molecule has 0 aliphatic carbocycles. The van der Waals surface area contributed by atoms with Crippen LogP contribution >= 0.6 is 0 Å². The molecule has 196 valence electrons. The van der Waals surface area contributed by atoms with Crippen LogP contribution in [0.25, 0.3) is 11.4 Å². The van der Waals surface area contributed by atoms with Gasteiger partial charge in [-0.25, -0.2) is 0 Å². The van der Waals surface area contributed by atoms with Gasteiger partial charge in [0.15, 0.2) is 0 Å². The molecule has 0 spiro atoms. The van der Waals surface area contributed by atoms with Crippen molar-refractivity contribution in [2.75, 3.05) is 0 Å². The summed E-state index contributed by atoms with van der Waals surface area (Å²) in [6.45, 7) is 11.2. The molecule has 5 nitrogen and oxygen atoms in total. The molecule has 0 fully saturated rings. The van der Waals surface area contributed by atoms with Crippen LogP contribution in [0.15, 0.2) is 126 Å². The van der Waals surface area contributed by atoms with Crippen LogP contribution < -0.4 is 9.97 Å². The summed E-state index contributed by atoms with van der Waals surface area (Å²) in [7, 11) is 0. The zero-order chi connectivity index (χ0) is 27.5. The minimum absolute atomic E-state index is 0.304. The number of rotatable bonds is 3. The molecule has 38 heavy (non-hydrogen) atoms. The molecule has 0 saturated carbocycles. The van der Waals surface area contributed by atoms with Crippen LogP contribution in [0.5, 0.6) is 0 Å². The Labute approximate surface area is 235 Å². The molecule has 6 heteroatoms. The quantitative estimate of drug-likeness (QED) is 0.201. The van der Waals surface area contributed by atoms with Gasteiger partial charge in [-0.1, -0.05) is 36.4 Å². The molecule has 0 saturated heterocycles. The third-order valence-electron chi connectivity index (χ3n) is 4.62. The van der Waals surface area contributed by atoms with Crippen LogP contribution in [0.1, 0.15) is 46.1 Å². The van der Waals surface area contributed by atoms with E-state index in [1.807, 2.05) is 60.7 Å². The Morgan fingerprint density at radius 3 is 1.53 bits per heavy atom. The minimum Gasteiger partial charge on any atom is -0.670 e. The summed E-state index contributed by atoms with van der Waals surface area (Å²) in [5.74, 6) is 0.557. The third kappa shape index (κ3) is 13.7. The molecule has 0 N–H and O–H groups in total. The van der Waals surface area contributed by atoms with Crippen molar-refractivity contribution in [2.24, 2.45) is 8.91 Å². The molecule has 0 radical (unpaired) electrons. The average molecular weight is 588 g/mol. The summed E-state index contributed by atoms with van der Waals surface area (Å²) < 4.78 is 7.17. The van der Waals surface area contributed by atoms with Gasteiger partial charge in [0, 0.05) is 12.4 Å². The summed E-state index contributed by atoms with van der Waals surface area (Å²) in [5.41, 5.74) is 4.70. The molecule has 0 amide bonds. The largest absolute Gasteiger partial charge is 0.670 e. The van der Waals surface area contributed by atoms with Gasteiger partial charge in [0.2, 0.25) is 0 Å². The fourth-order valence-electron chi connectivity index (χ4n) is 2.83. The van der Waals surface area contributed by atoms with Gasteiger partial charge in [-0.05, 0) is 24.3 Å². The van der Waals surface area contributed by atoms with Gasteiger partial charge in [0.1, 0.15) is 0 Å². The number of nitrogens with zero attached hydrogens (tertiary/aromatic N) is 5. The van der Waals surface area contributed by atoms with E-state index in [0.717, 1.165) is 11.4 Å². The molecule has 4 aromatic heterocycles. The first-order valence-electron chi connectivity index (χ1n) is 12.5. The SMILES string of the molecule is CC(C)c1ccccc1[N]=[Mo+2]=[CH]C(C)(C)C.c1cc[n-]c1.c1cc[n-]c1.c1ccc(-c2ccccn2)nc1. The van der Waals surface area contributed by atoms with Gasteiger partial charge in [-0.3, -0.25) is 9.97 Å². The van der Waals surface area contributed by atoms with E-state index in [1.165, 1.54) is 11.3 Å². The van der Waals surface area contributed by atoms with E-state index < -0.39 is 0 Å². The van der Waals surface area contributed by atoms with Crippen molar-refractivity contribution in [3.8, 4) is 11.4 Å². The van der Waals surface area contributed by atoms with E-state index in [4.69, 9.17) is 3.50 Å². The smallest absolute Gasteiger partial charge is 0.0886 e. The van der Waals surface area contributed by atoms with Crippen molar-refractivity contribution in [3.05, 3.63) is 128 Å². The van der Waals surface area contributed by atoms with Crippen LogP contribution in [-0.4, -0.2) is 14.4 Å². The number of benzene rings is 1. The summed E-state index contributed by atoms with van der Waals surface area (Å²) in [4.78, 5) is 15.8. The fraction of sp³-hybridized carbons (Fsp3) is 0.219. The van der Waals surface area contributed by atoms with Crippen molar-refractivity contribution in [2.45, 2.75) is 40.5 Å². The molecule has 0 bridgehead atoms. The molecule has 4 heterocycles. The van der Waals surface area contributed by atoms with E-state index in [9.17, 15) is 0 Å². The van der Waals surface area contributed by atoms with Gasteiger partial charge in [0.25, 0.3) is 0 Å². The topological polar surface area (TPSA) is 66.3 Å². The van der Waals surface area contributed by atoms with Crippen molar-refractivity contribution >= 4 is 10.1 Å². The average Bonchev–Trinajstić information content (AvgIpc) is 3.70. The predicted molar refractivity (Wildman–Crippen MR) is 155 cm³/mol. The third-order valence-corrected chi connectivity index (χ3v) is 7.36. The Bertz CT molecular complexity index is 1190. The second-order valence-electron chi connectivity index (χ2n) is 9.49. The maximum atomic E-state index is 4.79. The van der Waals surface area contributed by atoms with E-state index in [1.54, 1.807) is 37.2 Å². The zero-order valence-electron chi connectivity index (χ0n) is 22.8. The van der Waals surface area contributed by atoms with Gasteiger partial charge >= 0.3 is 107 Å². The Morgan fingerprint density at radius 1 is 0.684 bits per heavy atom. The fourth-order valence-corrected chi connectivity index (χ4v) is 4.42. The van der Waals surface area contributed by atoms with Gasteiger partial charge < -0.3 is 9.97 Å². The minimum atomic E-state index is -0.365. The molecular weight excluding hydrogens is 550 g/mol. The number of pyridine rings is 2. The standard InChI is InChI=1S/C10H8N2.C9H11N.C5H10.2C4H4N.Mo/c1-3-7-11-9(5-1)10-6-2-4-8-12-10;1-7(2)8-5-3-4-6-9(8)10;1-5(2,3)4;2*1-2-4-5-3-1;/h1-8H;3-7H,1-2H3;1H,2-4H3;2*1-4H;/q;;;2*-1;+2. The number of aromatic nitrogens is 4. The van der Waals surface area contributed by atoms with Crippen LogP contribution in [0.2, 0.25) is 0 Å². The molecule has 0 aliphatic heterocycles. The van der Waals surface area contributed by atoms with Crippen molar-refractivity contribution < 1.29 is 17.9 Å². The monoisotopic (exact) mass is 589 g/mol. The Hall–Kier alpha value is -3.56. The molecule has 1 aromatic carbocycles. The van der Waals surface area contributed by atoms with E-state index >= 15 is 0 Å². The molecule has 0 aliphatic rings. The first kappa shape index (κ1) is 30.7. The van der Waals surface area contributed by atoms with Gasteiger partial charge in [-0.15, -0.1) is 0 Å². The van der Waals surface area contributed by atoms with Crippen LogP contribution in [0.3, 0.4) is 0 Å². The normalized spacial score (nSPS) is 9.84. The first-order chi connectivity index (χ1) is 18.4. The van der Waals surface area contributed by atoms with Crippen LogP contribution in [0, 0.1) is 5.41 Å². The second kappa shape index (κ2) is 17.8. The number of hydrogen-bond donors (Lipinski definition) is 0. The molecule has 0 unspecified atom stereocenters. The predicted octanol–water partition coefficient (Wildman–Crippen LogP) is 7.99. The molecule has 0 atom stereocenters. The summed E-state index contributed by atoms with van der Waals surface area (Å²) in [6.07, 6.45) is 10.5. The Kier molecular flexibility index (Phi) is 14.4. The Balaban J connectivity index is 0.000000199. The van der Waals surface area contributed by atoms with Crippen molar-refractivity contribution in [3.63, 3.8) is 0 Å². The van der Waals surface area contributed by atoms with Gasteiger partial charge in [-0.2, -0.15) is 24.8 Å². The maximum Gasteiger partial charge on any atom is 0.0886 e. The summed E-state index contributed by atoms with van der Waals surface area (Å²) in [6, 6.07) is 27.7. The van der Waals surface area contributed by atoms with Crippen LogP contribution in [-0.2, 0) is 17.9 Å². The summed E-state index contributed by atoms with van der Waals surface area (Å²) in [5, 5.41) is 0. The van der Waals surface area contributed by atoms with E-state index in [-0.39, 0.29) is 17.9 Å². The molecule has 5 rings (SSSR count). The van der Waals surface area contributed by atoms with Crippen molar-refractivity contribution in [1.29, 1.82) is 0 Å². The molecular formula is C32H37MoN5. The van der Waals surface area contributed by atoms with E-state index in [2.05, 4.69) is 83.2 Å². The second-order valence-corrected chi connectivity index (χ2v) is 11.0.